The average molecular weight is 601 g/mol. The van der Waals surface area contributed by atoms with E-state index in [1.807, 2.05) is 31.7 Å². The molecule has 1 aromatic heterocycles. The van der Waals surface area contributed by atoms with Crippen LogP contribution in [0.1, 0.15) is 57.4 Å². The third-order valence-electron chi connectivity index (χ3n) is 7.00. The Balaban J connectivity index is 0.00000316. The number of nitrogens with zero attached hydrogens (tertiary/aromatic N) is 5. The standard InChI is InChI=1S/C28H35FN6O6.C2H6/c1-17-14-32-34(5)24(17)16-33(4)28(39)26(41-19(3)37)25(40-18(2)36)27(38)31-15-20-8-10-35(11-9-20)23-7-6-22(29)12-21(23)13-30;1-2/h6-7,12,14,20,25-26H,8-11,15-16H2,1-5H3,(H,31,38);1-2H3/t25-,26-;/m1./s1. The van der Waals surface area contributed by atoms with Crippen molar-refractivity contribution in [2.45, 2.75) is 66.2 Å². The number of piperidine rings is 1. The topological polar surface area (TPSA) is 147 Å². The number of rotatable bonds is 10. The number of halogens is 1. The number of anilines is 1. The van der Waals surface area contributed by atoms with E-state index in [4.69, 9.17) is 9.47 Å². The number of ether oxygens (including phenoxy) is 2. The van der Waals surface area contributed by atoms with Crippen molar-refractivity contribution in [2.75, 3.05) is 31.6 Å². The number of carbonyl (C=O) groups excluding carboxylic acids is 4. The molecule has 1 aliphatic rings. The fourth-order valence-electron chi connectivity index (χ4n) is 4.77. The number of benzene rings is 1. The van der Waals surface area contributed by atoms with Gasteiger partial charge in [-0.3, -0.25) is 23.9 Å². The molecule has 2 atom stereocenters. The zero-order valence-electron chi connectivity index (χ0n) is 25.8. The Kier molecular flexibility index (Phi) is 13.1. The van der Waals surface area contributed by atoms with Crippen LogP contribution < -0.4 is 10.2 Å². The SMILES string of the molecule is CC.CC(=O)O[C@@H](C(=O)NCC1CCN(c2ccc(F)cc2C#N)CC1)[C@@H](OC(C)=O)C(=O)N(C)Cc1c(C)cnn1C. The first-order chi connectivity index (χ1) is 20.4. The van der Waals surface area contributed by atoms with Crippen molar-refractivity contribution in [1.82, 2.24) is 20.0 Å². The molecule has 1 N–H and O–H groups in total. The smallest absolute Gasteiger partial charge is 0.303 e. The first-order valence-electron chi connectivity index (χ1n) is 14.2. The minimum absolute atomic E-state index is 0.0533. The van der Waals surface area contributed by atoms with Gasteiger partial charge in [0.15, 0.2) is 0 Å². The minimum atomic E-state index is -1.70. The van der Waals surface area contributed by atoms with E-state index in [0.29, 0.717) is 31.6 Å². The molecule has 43 heavy (non-hydrogen) atoms. The summed E-state index contributed by atoms with van der Waals surface area (Å²) in [5.74, 6) is -3.54. The van der Waals surface area contributed by atoms with E-state index in [9.17, 15) is 28.8 Å². The predicted molar refractivity (Wildman–Crippen MR) is 156 cm³/mol. The van der Waals surface area contributed by atoms with Crippen LogP contribution in [0.5, 0.6) is 0 Å². The summed E-state index contributed by atoms with van der Waals surface area (Å²) in [5.41, 5.74) is 2.50. The third-order valence-corrected chi connectivity index (χ3v) is 7.00. The number of hydrogen-bond donors (Lipinski definition) is 1. The summed E-state index contributed by atoms with van der Waals surface area (Å²) in [7, 11) is 3.21. The molecule has 234 valence electrons. The van der Waals surface area contributed by atoms with Gasteiger partial charge in [-0.2, -0.15) is 10.4 Å². The van der Waals surface area contributed by atoms with Crippen LogP contribution in [0.25, 0.3) is 0 Å². The van der Waals surface area contributed by atoms with Crippen molar-refractivity contribution < 1.29 is 33.0 Å². The summed E-state index contributed by atoms with van der Waals surface area (Å²) in [6.45, 7) is 9.55. The van der Waals surface area contributed by atoms with E-state index in [0.717, 1.165) is 25.1 Å². The molecule has 0 unspecified atom stereocenters. The molecule has 1 fully saturated rings. The number of likely N-dealkylation sites (N-methyl/N-ethyl adjacent to an activating group) is 1. The molecular formula is C30H41FN6O6. The Morgan fingerprint density at radius 3 is 2.28 bits per heavy atom. The van der Waals surface area contributed by atoms with Crippen LogP contribution in [0, 0.1) is 30.0 Å². The molecule has 0 aliphatic carbocycles. The van der Waals surface area contributed by atoms with Gasteiger partial charge in [-0.15, -0.1) is 0 Å². The summed E-state index contributed by atoms with van der Waals surface area (Å²) in [4.78, 5) is 53.7. The molecular weight excluding hydrogens is 559 g/mol. The maximum Gasteiger partial charge on any atom is 0.303 e. The highest BCUT2D eigenvalue weighted by Crippen LogP contribution is 2.26. The molecule has 2 heterocycles. The van der Waals surface area contributed by atoms with Gasteiger partial charge in [0.05, 0.1) is 29.7 Å². The molecule has 0 saturated carbocycles. The first-order valence-corrected chi connectivity index (χ1v) is 14.2. The fourth-order valence-corrected chi connectivity index (χ4v) is 4.77. The van der Waals surface area contributed by atoms with Gasteiger partial charge >= 0.3 is 11.9 Å². The maximum absolute atomic E-state index is 13.5. The lowest BCUT2D eigenvalue weighted by Gasteiger charge is -2.34. The summed E-state index contributed by atoms with van der Waals surface area (Å²) in [5, 5.41) is 16.3. The Morgan fingerprint density at radius 1 is 1.14 bits per heavy atom. The van der Waals surface area contributed by atoms with Gasteiger partial charge in [0.25, 0.3) is 11.8 Å². The molecule has 2 amide bonds. The van der Waals surface area contributed by atoms with Gasteiger partial charge in [0.2, 0.25) is 12.2 Å². The fraction of sp³-hybridized carbons (Fsp3) is 0.533. The first kappa shape index (κ1) is 34.7. The van der Waals surface area contributed by atoms with E-state index in [1.165, 1.54) is 24.1 Å². The lowest BCUT2D eigenvalue weighted by molar-refractivity contribution is -0.177. The number of nitriles is 1. The summed E-state index contributed by atoms with van der Waals surface area (Å²) >= 11 is 0. The Labute approximate surface area is 251 Å². The molecule has 0 radical (unpaired) electrons. The van der Waals surface area contributed by atoms with Gasteiger partial charge < -0.3 is 24.6 Å². The van der Waals surface area contributed by atoms with Gasteiger partial charge in [-0.05, 0) is 49.4 Å². The number of aryl methyl sites for hydroxylation is 2. The van der Waals surface area contributed by atoms with Crippen molar-refractivity contribution in [1.29, 1.82) is 5.26 Å². The molecule has 13 heteroatoms. The predicted octanol–water partition coefficient (Wildman–Crippen LogP) is 2.62. The molecule has 1 aromatic carbocycles. The number of hydrogen-bond acceptors (Lipinski definition) is 9. The Bertz CT molecular complexity index is 1310. The summed E-state index contributed by atoms with van der Waals surface area (Å²) < 4.78 is 25.6. The summed E-state index contributed by atoms with van der Waals surface area (Å²) in [6, 6.07) is 6.12. The molecule has 3 rings (SSSR count). The highest BCUT2D eigenvalue weighted by Gasteiger charge is 2.41. The average Bonchev–Trinajstić information content (AvgIpc) is 3.30. The van der Waals surface area contributed by atoms with Gasteiger partial charge in [-0.25, -0.2) is 4.39 Å². The molecule has 0 bridgehead atoms. The van der Waals surface area contributed by atoms with E-state index in [-0.39, 0.29) is 24.6 Å². The van der Waals surface area contributed by atoms with E-state index >= 15 is 0 Å². The van der Waals surface area contributed by atoms with Gasteiger partial charge in [0.1, 0.15) is 11.9 Å². The maximum atomic E-state index is 13.5. The van der Waals surface area contributed by atoms with Crippen molar-refractivity contribution in [3.8, 4) is 6.07 Å². The quantitative estimate of drug-likeness (QED) is 0.407. The number of carbonyl (C=O) groups is 4. The summed E-state index contributed by atoms with van der Waals surface area (Å²) in [6.07, 6.45) is -0.408. The van der Waals surface area contributed by atoms with Crippen molar-refractivity contribution in [3.05, 3.63) is 47.0 Å². The van der Waals surface area contributed by atoms with Crippen LogP contribution in [0.2, 0.25) is 0 Å². The van der Waals surface area contributed by atoms with E-state index < -0.39 is 41.8 Å². The second-order valence-corrected chi connectivity index (χ2v) is 10.1. The highest BCUT2D eigenvalue weighted by molar-refractivity contribution is 5.93. The van der Waals surface area contributed by atoms with Crippen LogP contribution in [0.3, 0.4) is 0 Å². The van der Waals surface area contributed by atoms with Crippen LogP contribution in [0.15, 0.2) is 24.4 Å². The Morgan fingerprint density at radius 2 is 1.74 bits per heavy atom. The van der Waals surface area contributed by atoms with Crippen molar-refractivity contribution >= 4 is 29.4 Å². The largest absolute Gasteiger partial charge is 0.448 e. The number of esters is 2. The number of aromatic nitrogens is 2. The normalized spacial score (nSPS) is 14.3. The van der Waals surface area contributed by atoms with Crippen LogP contribution >= 0.6 is 0 Å². The van der Waals surface area contributed by atoms with E-state index in [1.54, 1.807) is 24.0 Å². The monoisotopic (exact) mass is 600 g/mol. The van der Waals surface area contributed by atoms with Crippen molar-refractivity contribution in [3.63, 3.8) is 0 Å². The zero-order chi connectivity index (χ0) is 32.3. The lowest BCUT2D eigenvalue weighted by atomic mass is 9.95. The second-order valence-electron chi connectivity index (χ2n) is 10.1. The second kappa shape index (κ2) is 16.2. The zero-order valence-corrected chi connectivity index (χ0v) is 25.8. The number of nitrogens with one attached hydrogen (secondary N) is 1. The minimum Gasteiger partial charge on any atom is -0.448 e. The van der Waals surface area contributed by atoms with E-state index in [2.05, 4.69) is 10.4 Å². The highest BCUT2D eigenvalue weighted by atomic mass is 19.1. The molecule has 1 aliphatic heterocycles. The van der Waals surface area contributed by atoms with Crippen LogP contribution in [0.4, 0.5) is 10.1 Å². The molecule has 1 saturated heterocycles. The molecule has 12 nitrogen and oxygen atoms in total. The van der Waals surface area contributed by atoms with Gasteiger partial charge in [-0.1, -0.05) is 13.8 Å². The van der Waals surface area contributed by atoms with Crippen LogP contribution in [-0.4, -0.2) is 77.3 Å². The van der Waals surface area contributed by atoms with Gasteiger partial charge in [0, 0.05) is 47.6 Å². The third kappa shape index (κ3) is 9.52. The van der Waals surface area contributed by atoms with Crippen molar-refractivity contribution in [2.24, 2.45) is 13.0 Å². The Hall–Kier alpha value is -4.47. The number of amides is 2. The molecule has 2 aromatic rings. The molecule has 0 spiro atoms. The van der Waals surface area contributed by atoms with Crippen LogP contribution in [-0.2, 0) is 42.2 Å². The lowest BCUT2D eigenvalue weighted by Crippen LogP contribution is -2.54.